The van der Waals surface area contributed by atoms with Crippen LogP contribution in [0.3, 0.4) is 0 Å². The van der Waals surface area contributed by atoms with Crippen molar-refractivity contribution < 1.29 is 9.90 Å². The fourth-order valence-electron chi connectivity index (χ4n) is 4.30. The highest BCUT2D eigenvalue weighted by molar-refractivity contribution is 5.94. The maximum Gasteiger partial charge on any atom is 0.253 e. The fourth-order valence-corrected chi connectivity index (χ4v) is 4.30. The largest absolute Gasteiger partial charge is 0.392 e. The molecule has 0 unspecified atom stereocenters. The number of carbonyl (C=O) groups is 1. The zero-order valence-electron chi connectivity index (χ0n) is 13.8. The van der Waals surface area contributed by atoms with Crippen LogP contribution in [0.5, 0.6) is 0 Å². The minimum Gasteiger partial charge on any atom is -0.392 e. The Bertz CT molecular complexity index is 711. The number of piperidine rings is 1. The van der Waals surface area contributed by atoms with E-state index in [1.54, 1.807) is 12.5 Å². The SMILES string of the molecule is O=C(c1ccc(-n2ccnc2)cc1)N1CCC[C@@]2(CCC[C@H]2O)C1. The smallest absolute Gasteiger partial charge is 0.253 e. The number of nitrogens with zero attached hydrogens (tertiary/aromatic N) is 3. The van der Waals surface area contributed by atoms with Crippen LogP contribution in [-0.4, -0.2) is 44.7 Å². The number of aliphatic hydroxyl groups is 1. The van der Waals surface area contributed by atoms with Crippen LogP contribution in [0.4, 0.5) is 0 Å². The Kier molecular flexibility index (Phi) is 3.88. The van der Waals surface area contributed by atoms with E-state index in [-0.39, 0.29) is 17.4 Å². The summed E-state index contributed by atoms with van der Waals surface area (Å²) in [7, 11) is 0. The van der Waals surface area contributed by atoms with Gasteiger partial charge in [0.25, 0.3) is 5.91 Å². The third-order valence-electron chi connectivity index (χ3n) is 5.67. The molecule has 2 fully saturated rings. The van der Waals surface area contributed by atoms with E-state index >= 15 is 0 Å². The lowest BCUT2D eigenvalue weighted by atomic mass is 9.76. The van der Waals surface area contributed by atoms with Crippen LogP contribution in [0.25, 0.3) is 5.69 Å². The van der Waals surface area contributed by atoms with Gasteiger partial charge in [-0.15, -0.1) is 0 Å². The van der Waals surface area contributed by atoms with E-state index < -0.39 is 0 Å². The molecular weight excluding hydrogens is 302 g/mol. The quantitative estimate of drug-likeness (QED) is 0.923. The monoisotopic (exact) mass is 325 g/mol. The van der Waals surface area contributed by atoms with Crippen molar-refractivity contribution >= 4 is 5.91 Å². The molecule has 126 valence electrons. The van der Waals surface area contributed by atoms with Crippen molar-refractivity contribution in [1.29, 1.82) is 0 Å². The minimum absolute atomic E-state index is 0.0648. The molecule has 5 heteroatoms. The number of hydrogen-bond donors (Lipinski definition) is 1. The van der Waals surface area contributed by atoms with Crippen molar-refractivity contribution in [2.75, 3.05) is 13.1 Å². The van der Waals surface area contributed by atoms with E-state index in [0.717, 1.165) is 44.3 Å². The number of imidazole rings is 1. The number of aromatic nitrogens is 2. The van der Waals surface area contributed by atoms with Gasteiger partial charge in [0.2, 0.25) is 0 Å². The number of rotatable bonds is 2. The summed E-state index contributed by atoms with van der Waals surface area (Å²) in [6, 6.07) is 7.64. The third-order valence-corrected chi connectivity index (χ3v) is 5.67. The number of aliphatic hydroxyl groups excluding tert-OH is 1. The van der Waals surface area contributed by atoms with Gasteiger partial charge < -0.3 is 14.6 Å². The minimum atomic E-state index is -0.253. The predicted molar refractivity (Wildman–Crippen MR) is 91.0 cm³/mol. The van der Waals surface area contributed by atoms with Gasteiger partial charge in [-0.1, -0.05) is 6.42 Å². The van der Waals surface area contributed by atoms with Crippen molar-refractivity contribution in [2.24, 2.45) is 5.41 Å². The average molecular weight is 325 g/mol. The Morgan fingerprint density at radius 1 is 1.21 bits per heavy atom. The van der Waals surface area contributed by atoms with E-state index in [2.05, 4.69) is 4.98 Å². The summed E-state index contributed by atoms with van der Waals surface area (Å²) in [5.74, 6) is 0.0744. The Morgan fingerprint density at radius 2 is 2.00 bits per heavy atom. The highest BCUT2D eigenvalue weighted by Gasteiger charge is 2.45. The molecule has 1 N–H and O–H groups in total. The van der Waals surface area contributed by atoms with E-state index in [9.17, 15) is 9.90 Å². The van der Waals surface area contributed by atoms with Crippen molar-refractivity contribution in [1.82, 2.24) is 14.5 Å². The summed E-state index contributed by atoms with van der Waals surface area (Å²) in [4.78, 5) is 18.8. The first-order valence-electron chi connectivity index (χ1n) is 8.74. The van der Waals surface area contributed by atoms with Crippen molar-refractivity contribution in [3.63, 3.8) is 0 Å². The number of likely N-dealkylation sites (tertiary alicyclic amines) is 1. The molecule has 1 saturated carbocycles. The van der Waals surface area contributed by atoms with Gasteiger partial charge in [0.05, 0.1) is 12.4 Å². The maximum atomic E-state index is 12.9. The fraction of sp³-hybridized carbons (Fsp3) is 0.474. The van der Waals surface area contributed by atoms with Gasteiger partial charge in [0.15, 0.2) is 0 Å². The second-order valence-electron chi connectivity index (χ2n) is 7.12. The third kappa shape index (κ3) is 2.63. The summed E-state index contributed by atoms with van der Waals surface area (Å²) in [6.07, 6.45) is 10.1. The van der Waals surface area contributed by atoms with E-state index in [1.807, 2.05) is 39.9 Å². The van der Waals surface area contributed by atoms with E-state index in [4.69, 9.17) is 0 Å². The van der Waals surface area contributed by atoms with E-state index in [0.29, 0.717) is 12.1 Å². The van der Waals surface area contributed by atoms with Gasteiger partial charge in [-0.2, -0.15) is 0 Å². The van der Waals surface area contributed by atoms with Crippen LogP contribution in [0, 0.1) is 5.41 Å². The van der Waals surface area contributed by atoms with E-state index in [1.165, 1.54) is 0 Å². The van der Waals surface area contributed by atoms with Crippen molar-refractivity contribution in [2.45, 2.75) is 38.2 Å². The average Bonchev–Trinajstić information content (AvgIpc) is 3.26. The topological polar surface area (TPSA) is 58.4 Å². The lowest BCUT2D eigenvalue weighted by Crippen LogP contribution is -2.49. The van der Waals surface area contributed by atoms with Crippen LogP contribution in [0.1, 0.15) is 42.5 Å². The Labute approximate surface area is 141 Å². The normalized spacial score (nSPS) is 26.9. The standard InChI is InChI=1S/C19H23N3O2/c23-17-3-1-8-19(17)9-2-11-21(13-19)18(24)15-4-6-16(7-5-15)22-12-10-20-14-22/h4-7,10,12,14,17,23H,1-3,8-9,11,13H2/t17-,19+/m1/s1. The lowest BCUT2D eigenvalue weighted by Gasteiger charge is -2.42. The first-order valence-corrected chi connectivity index (χ1v) is 8.74. The zero-order chi connectivity index (χ0) is 16.6. The summed E-state index contributed by atoms with van der Waals surface area (Å²) in [6.45, 7) is 1.48. The van der Waals surface area contributed by atoms with Crippen LogP contribution in [0.15, 0.2) is 43.0 Å². The second kappa shape index (κ2) is 6.06. The first-order chi connectivity index (χ1) is 11.7. The van der Waals surface area contributed by atoms with Gasteiger partial charge >= 0.3 is 0 Å². The molecule has 1 saturated heterocycles. The lowest BCUT2D eigenvalue weighted by molar-refractivity contribution is -0.00535. The Hall–Kier alpha value is -2.14. The molecule has 1 aromatic heterocycles. The van der Waals surface area contributed by atoms with Crippen molar-refractivity contribution in [3.8, 4) is 5.69 Å². The molecule has 1 aromatic carbocycles. The maximum absolute atomic E-state index is 12.9. The van der Waals surface area contributed by atoms with Gasteiger partial charge in [-0.05, 0) is 49.9 Å². The molecule has 2 heterocycles. The Balaban J connectivity index is 1.51. The molecule has 1 aliphatic heterocycles. The predicted octanol–water partition coefficient (Wildman–Crippen LogP) is 2.64. The summed E-state index contributed by atoms with van der Waals surface area (Å²) in [5.41, 5.74) is 1.64. The molecule has 5 nitrogen and oxygen atoms in total. The number of amides is 1. The van der Waals surface area contributed by atoms with Crippen molar-refractivity contribution in [3.05, 3.63) is 48.5 Å². The molecule has 2 aliphatic rings. The summed E-state index contributed by atoms with van der Waals surface area (Å²) in [5, 5.41) is 10.4. The molecule has 2 atom stereocenters. The highest BCUT2D eigenvalue weighted by atomic mass is 16.3. The molecule has 1 amide bonds. The van der Waals surface area contributed by atoms with Crippen LogP contribution in [0.2, 0.25) is 0 Å². The summed E-state index contributed by atoms with van der Waals surface area (Å²) >= 11 is 0. The van der Waals surface area contributed by atoms with Gasteiger partial charge in [0.1, 0.15) is 0 Å². The number of carbonyl (C=O) groups excluding carboxylic acids is 1. The number of benzene rings is 1. The molecular formula is C19H23N3O2. The highest BCUT2D eigenvalue weighted by Crippen LogP contribution is 2.45. The molecule has 0 radical (unpaired) electrons. The molecule has 24 heavy (non-hydrogen) atoms. The van der Waals surface area contributed by atoms with Gasteiger partial charge in [-0.3, -0.25) is 4.79 Å². The zero-order valence-corrected chi connectivity index (χ0v) is 13.8. The molecule has 4 rings (SSSR count). The van der Waals surface area contributed by atoms with Gasteiger partial charge in [0, 0.05) is 42.1 Å². The Morgan fingerprint density at radius 3 is 2.67 bits per heavy atom. The molecule has 0 bridgehead atoms. The second-order valence-corrected chi connectivity index (χ2v) is 7.12. The van der Waals surface area contributed by atoms with Gasteiger partial charge in [-0.25, -0.2) is 4.98 Å². The van der Waals surface area contributed by atoms with Crippen LogP contribution < -0.4 is 0 Å². The molecule has 1 spiro atoms. The molecule has 1 aliphatic carbocycles. The summed E-state index contributed by atoms with van der Waals surface area (Å²) < 4.78 is 1.92. The van der Waals surface area contributed by atoms with Crippen LogP contribution >= 0.6 is 0 Å². The van der Waals surface area contributed by atoms with Crippen LogP contribution in [-0.2, 0) is 0 Å². The molecule has 2 aromatic rings. The first kappa shape index (κ1) is 15.4. The number of hydrogen-bond acceptors (Lipinski definition) is 3.